The first-order valence-electron chi connectivity index (χ1n) is 6.44. The summed E-state index contributed by atoms with van der Waals surface area (Å²) in [6.07, 6.45) is 4.31. The third-order valence-corrected chi connectivity index (χ3v) is 3.29. The van der Waals surface area contributed by atoms with Gasteiger partial charge < -0.3 is 0 Å². The van der Waals surface area contributed by atoms with E-state index < -0.39 is 5.92 Å². The van der Waals surface area contributed by atoms with Gasteiger partial charge in [-0.25, -0.2) is 4.99 Å². The molecule has 0 fully saturated rings. The normalized spacial score (nSPS) is 19.9. The van der Waals surface area contributed by atoms with Crippen molar-refractivity contribution in [2.45, 2.75) is 45.7 Å². The molecule has 2 atom stereocenters. The van der Waals surface area contributed by atoms with E-state index in [1.165, 1.54) is 0 Å². The zero-order valence-corrected chi connectivity index (χ0v) is 11.0. The van der Waals surface area contributed by atoms with Gasteiger partial charge in [0.25, 0.3) is 5.84 Å². The number of nitrogens with zero attached hydrogens (tertiary/aromatic N) is 3. The van der Waals surface area contributed by atoms with Crippen molar-refractivity contribution in [2.75, 3.05) is 0 Å². The summed E-state index contributed by atoms with van der Waals surface area (Å²) in [6.45, 7) is 4.28. The van der Waals surface area contributed by atoms with Gasteiger partial charge in [-0.15, -0.1) is 0 Å². The van der Waals surface area contributed by atoms with E-state index in [4.69, 9.17) is 16.3 Å². The maximum atomic E-state index is 8.88. The van der Waals surface area contributed by atoms with Gasteiger partial charge in [0.1, 0.15) is 0 Å². The van der Waals surface area contributed by atoms with Crippen molar-refractivity contribution in [1.82, 2.24) is 0 Å². The molecule has 0 aromatic carbocycles. The van der Waals surface area contributed by atoms with E-state index >= 15 is 0 Å². The van der Waals surface area contributed by atoms with Crippen LogP contribution >= 0.6 is 0 Å². The minimum Gasteiger partial charge on any atom is -0.286 e. The van der Waals surface area contributed by atoms with Gasteiger partial charge in [0.05, 0.1) is 12.1 Å². The largest absolute Gasteiger partial charge is 0.291 e. The Morgan fingerprint density at radius 2 is 2.06 bits per heavy atom. The average molecular weight is 246 g/mol. The van der Waals surface area contributed by atoms with Gasteiger partial charge >= 0.3 is 0 Å². The molecule has 5 heteroatoms. The molecule has 1 heterocycles. The highest BCUT2D eigenvalue weighted by Crippen LogP contribution is 2.17. The number of unbranched alkanes of at least 4 members (excludes halogenated alkanes) is 1. The molecular weight excluding hydrogens is 226 g/mol. The van der Waals surface area contributed by atoms with Crippen molar-refractivity contribution in [1.29, 1.82) is 10.5 Å². The molecule has 1 aliphatic rings. The second-order valence-corrected chi connectivity index (χ2v) is 4.52. The first-order valence-corrected chi connectivity index (χ1v) is 6.44. The number of nitrogens with one attached hydrogen (secondary N) is 1. The summed E-state index contributed by atoms with van der Waals surface area (Å²) in [5, 5.41) is 17.8. The van der Waals surface area contributed by atoms with Gasteiger partial charge in [-0.1, -0.05) is 26.7 Å². The summed E-state index contributed by atoms with van der Waals surface area (Å²) in [5.74, 6) is -0.0896. The summed E-state index contributed by atoms with van der Waals surface area (Å²) < 4.78 is 0. The minimum absolute atomic E-state index is 0.0826. The Morgan fingerprint density at radius 1 is 1.39 bits per heavy atom. The predicted molar refractivity (Wildman–Crippen MR) is 69.4 cm³/mol. The molecule has 0 saturated heterocycles. The zero-order chi connectivity index (χ0) is 13.5. The maximum absolute atomic E-state index is 8.88. The van der Waals surface area contributed by atoms with Gasteiger partial charge in [-0.05, 0) is 12.8 Å². The van der Waals surface area contributed by atoms with Gasteiger partial charge in [-0.3, -0.25) is 10.7 Å². The standard InChI is InChI=1S/C13H19N5/c1-3-5-6-9(4-2)13-17-11(12(16)18-13)10(7-14)8-15/h9-10,13H,3-6H2,1-2H3,(H2,16,18)/p+1/t9-,13+/m0/s1. The van der Waals surface area contributed by atoms with Gasteiger partial charge in [0.15, 0.2) is 17.8 Å². The maximum Gasteiger partial charge on any atom is 0.291 e. The number of hydrogen-bond acceptors (Lipinski definition) is 4. The molecule has 0 unspecified atom stereocenters. The van der Waals surface area contributed by atoms with Crippen LogP contribution in [0.5, 0.6) is 0 Å². The number of aliphatic imine (C=N–C) groups is 1. The minimum atomic E-state index is -0.869. The van der Waals surface area contributed by atoms with Crippen molar-refractivity contribution in [3.63, 3.8) is 0 Å². The van der Waals surface area contributed by atoms with Gasteiger partial charge in [-0.2, -0.15) is 10.5 Å². The van der Waals surface area contributed by atoms with Crippen LogP contribution in [0.4, 0.5) is 0 Å². The molecule has 0 spiro atoms. The molecule has 0 aliphatic carbocycles. The molecule has 0 aromatic rings. The molecule has 0 amide bonds. The van der Waals surface area contributed by atoms with E-state index in [0.29, 0.717) is 17.5 Å². The van der Waals surface area contributed by atoms with Crippen LogP contribution in [0.25, 0.3) is 0 Å². The number of nitriles is 2. The average Bonchev–Trinajstić information content (AvgIpc) is 2.74. The lowest BCUT2D eigenvalue weighted by atomic mass is 9.96. The lowest BCUT2D eigenvalue weighted by Gasteiger charge is -2.15. The lowest BCUT2D eigenvalue weighted by Crippen LogP contribution is -2.80. The summed E-state index contributed by atoms with van der Waals surface area (Å²) in [5.41, 5.74) is 6.22. The fourth-order valence-corrected chi connectivity index (χ4v) is 2.14. The Balaban J connectivity index is 2.83. The Kier molecular flexibility index (Phi) is 5.32. The smallest absolute Gasteiger partial charge is 0.286 e. The summed E-state index contributed by atoms with van der Waals surface area (Å²) in [4.78, 5) is 7.54. The van der Waals surface area contributed by atoms with Crippen LogP contribution in [-0.2, 0) is 0 Å². The summed E-state index contributed by atoms with van der Waals surface area (Å²) >= 11 is 0. The summed E-state index contributed by atoms with van der Waals surface area (Å²) in [6, 6.07) is 3.82. The van der Waals surface area contributed by atoms with E-state index in [9.17, 15) is 0 Å². The lowest BCUT2D eigenvalue weighted by molar-refractivity contribution is -0.507. The van der Waals surface area contributed by atoms with Crippen LogP contribution in [0.1, 0.15) is 39.5 Å². The fraction of sp³-hybridized carbons (Fsp3) is 0.692. The summed E-state index contributed by atoms with van der Waals surface area (Å²) in [7, 11) is 0. The second kappa shape index (κ2) is 6.76. The molecule has 1 aliphatic heterocycles. The third-order valence-electron chi connectivity index (χ3n) is 3.29. The Labute approximate surface area is 108 Å². The number of amidine groups is 1. The predicted octanol–water partition coefficient (Wildman–Crippen LogP) is 0.0847. The highest BCUT2D eigenvalue weighted by molar-refractivity contribution is 6.41. The van der Waals surface area contributed by atoms with E-state index in [-0.39, 0.29) is 6.17 Å². The first-order chi connectivity index (χ1) is 8.67. The topological polar surface area (TPSA) is 99.9 Å². The zero-order valence-electron chi connectivity index (χ0n) is 11.0. The second-order valence-electron chi connectivity index (χ2n) is 4.52. The third kappa shape index (κ3) is 3.07. The van der Waals surface area contributed by atoms with E-state index in [2.05, 4.69) is 23.8 Å². The van der Waals surface area contributed by atoms with Crippen molar-refractivity contribution < 1.29 is 4.99 Å². The van der Waals surface area contributed by atoms with Crippen LogP contribution in [0.2, 0.25) is 0 Å². The van der Waals surface area contributed by atoms with E-state index in [1.54, 1.807) is 0 Å². The van der Waals surface area contributed by atoms with Crippen LogP contribution < -0.4 is 10.7 Å². The Morgan fingerprint density at radius 3 is 2.56 bits per heavy atom. The molecule has 0 bridgehead atoms. The van der Waals surface area contributed by atoms with Crippen LogP contribution in [-0.4, -0.2) is 17.7 Å². The van der Waals surface area contributed by atoms with E-state index in [0.717, 1.165) is 25.7 Å². The van der Waals surface area contributed by atoms with Crippen molar-refractivity contribution >= 4 is 11.5 Å². The number of nitrogens with two attached hydrogens (primary N) is 1. The fourth-order valence-electron chi connectivity index (χ4n) is 2.14. The van der Waals surface area contributed by atoms with Crippen molar-refractivity contribution in [3.8, 4) is 12.1 Å². The monoisotopic (exact) mass is 246 g/mol. The Hall–Kier alpha value is -1.88. The van der Waals surface area contributed by atoms with Crippen molar-refractivity contribution in [3.05, 3.63) is 0 Å². The Bertz CT molecular complexity index is 410. The molecule has 0 aromatic heterocycles. The number of rotatable bonds is 6. The van der Waals surface area contributed by atoms with Crippen LogP contribution in [0.3, 0.4) is 0 Å². The first kappa shape index (κ1) is 14.2. The highest BCUT2D eigenvalue weighted by Gasteiger charge is 2.33. The highest BCUT2D eigenvalue weighted by atomic mass is 15.1. The van der Waals surface area contributed by atoms with E-state index in [1.807, 2.05) is 12.1 Å². The number of hydrogen-bond donors (Lipinski definition) is 2. The quantitative estimate of drug-likeness (QED) is 0.694. The molecular formula is C13H20N5+. The van der Waals surface area contributed by atoms with Crippen LogP contribution in [0, 0.1) is 34.5 Å². The molecule has 0 saturated carbocycles. The molecule has 5 nitrogen and oxygen atoms in total. The molecule has 3 N–H and O–H groups in total. The SMILES string of the molecule is CCCC[C@H](CC)[C@@H]1N=C(C(C#N)C#N)C(N)=[NH+]1. The molecule has 18 heavy (non-hydrogen) atoms. The van der Waals surface area contributed by atoms with Crippen LogP contribution in [0.15, 0.2) is 4.99 Å². The van der Waals surface area contributed by atoms with Gasteiger partial charge in [0, 0.05) is 5.92 Å². The van der Waals surface area contributed by atoms with Gasteiger partial charge in [0.2, 0.25) is 0 Å². The molecule has 0 radical (unpaired) electrons. The van der Waals surface area contributed by atoms with Crippen molar-refractivity contribution in [2.24, 2.45) is 22.6 Å². The molecule has 96 valence electrons. The molecule has 1 rings (SSSR count).